The highest BCUT2D eigenvalue weighted by molar-refractivity contribution is 7.89. The Labute approximate surface area is 97.1 Å². The first-order valence-corrected chi connectivity index (χ1v) is 5.91. The van der Waals surface area contributed by atoms with Crippen LogP contribution in [0.15, 0.2) is 20.9 Å². The number of hydrogen-bond acceptors (Lipinski definition) is 6. The first-order chi connectivity index (χ1) is 7.87. The Hall–Kier alpha value is -2.16. The lowest BCUT2D eigenvalue weighted by molar-refractivity contribution is 0.475. The van der Waals surface area contributed by atoms with E-state index in [0.29, 0.717) is 5.69 Å². The summed E-state index contributed by atoms with van der Waals surface area (Å²) < 4.78 is 28.4. The molecule has 1 aliphatic rings. The second kappa shape index (κ2) is 3.70. The zero-order valence-corrected chi connectivity index (χ0v) is 9.56. The smallest absolute Gasteiger partial charge is 0.367 e. The number of pyridine rings is 1. The van der Waals surface area contributed by atoms with E-state index in [1.165, 1.54) is 6.07 Å². The van der Waals surface area contributed by atoms with Gasteiger partial charge >= 0.3 is 10.2 Å². The third kappa shape index (κ3) is 2.33. The Kier molecular flexibility index (Phi) is 2.46. The van der Waals surface area contributed by atoms with Gasteiger partial charge in [-0.1, -0.05) is 0 Å². The van der Waals surface area contributed by atoms with Gasteiger partial charge in [-0.3, -0.25) is 0 Å². The van der Waals surface area contributed by atoms with Crippen molar-refractivity contribution in [2.45, 2.75) is 6.92 Å². The van der Waals surface area contributed by atoms with Crippen molar-refractivity contribution < 1.29 is 13.5 Å². The van der Waals surface area contributed by atoms with Gasteiger partial charge in [0.25, 0.3) is 0 Å². The third-order valence-electron chi connectivity index (χ3n) is 1.91. The number of nitrogens with zero attached hydrogens (tertiary/aromatic N) is 3. The second-order valence-corrected chi connectivity index (χ2v) is 4.57. The highest BCUT2D eigenvalue weighted by Gasteiger charge is 2.22. The molecule has 0 aliphatic carbocycles. The van der Waals surface area contributed by atoms with Crippen molar-refractivity contribution in [2.75, 3.05) is 5.32 Å². The van der Waals surface area contributed by atoms with E-state index in [4.69, 9.17) is 5.73 Å². The molecule has 0 bridgehead atoms. The van der Waals surface area contributed by atoms with Crippen LogP contribution in [0, 0.1) is 6.92 Å². The van der Waals surface area contributed by atoms with Crippen LogP contribution in [-0.2, 0) is 10.2 Å². The van der Waals surface area contributed by atoms with Crippen molar-refractivity contribution in [3.8, 4) is 5.75 Å². The predicted octanol–water partition coefficient (Wildman–Crippen LogP) is -0.478. The maximum Gasteiger partial charge on any atom is 0.367 e. The van der Waals surface area contributed by atoms with Gasteiger partial charge in [0.15, 0.2) is 23.2 Å². The zero-order valence-electron chi connectivity index (χ0n) is 8.75. The summed E-state index contributed by atoms with van der Waals surface area (Å²) in [6, 6.07) is 3.02. The molecule has 4 N–H and O–H groups in total. The number of nitrogens with two attached hydrogens (primary N) is 1. The molecule has 1 aromatic rings. The number of aromatic nitrogens is 1. The lowest BCUT2D eigenvalue weighted by Gasteiger charge is -2.06. The Morgan fingerprint density at radius 2 is 2.06 bits per heavy atom. The summed E-state index contributed by atoms with van der Waals surface area (Å²) in [5.74, 6) is -0.500. The molecule has 0 fully saturated rings. The SMILES string of the molecule is Cc1ccc(O)c(NC2=NS(=O)(=O)N=C2N)n1. The van der Waals surface area contributed by atoms with Gasteiger partial charge in [-0.15, -0.1) is 8.80 Å². The Bertz CT molecular complexity index is 635. The number of rotatable bonds is 1. The van der Waals surface area contributed by atoms with Gasteiger partial charge in [0, 0.05) is 5.69 Å². The maximum absolute atomic E-state index is 11.0. The standard InChI is InChI=1S/C8H9N5O3S/c1-4-2-3-5(14)7(10-4)11-8-6(9)12-17(15,16)13-8/h2-3,14H,1H3,(H2,9,12)(H,10,11,13). The van der Waals surface area contributed by atoms with Gasteiger partial charge in [0.2, 0.25) is 0 Å². The molecule has 0 unspecified atom stereocenters. The Morgan fingerprint density at radius 1 is 1.35 bits per heavy atom. The van der Waals surface area contributed by atoms with Gasteiger partial charge < -0.3 is 16.2 Å². The normalized spacial score (nSPS) is 17.5. The molecule has 0 atom stereocenters. The van der Waals surface area contributed by atoms with Crippen LogP contribution in [0.1, 0.15) is 5.69 Å². The monoisotopic (exact) mass is 255 g/mol. The number of nitrogens with one attached hydrogen (secondary N) is 1. The quantitative estimate of drug-likeness (QED) is 0.621. The maximum atomic E-state index is 11.0. The molecule has 1 aromatic heterocycles. The number of anilines is 1. The first kappa shape index (κ1) is 11.3. The van der Waals surface area contributed by atoms with E-state index < -0.39 is 10.2 Å². The molecule has 8 nitrogen and oxygen atoms in total. The molecule has 2 heterocycles. The van der Waals surface area contributed by atoms with Gasteiger partial charge in [-0.05, 0) is 19.1 Å². The minimum absolute atomic E-state index is 0.0685. The van der Waals surface area contributed by atoms with Gasteiger partial charge in [0.1, 0.15) is 0 Å². The summed E-state index contributed by atoms with van der Waals surface area (Å²) in [4.78, 5) is 3.97. The highest BCUT2D eigenvalue weighted by atomic mass is 32.2. The van der Waals surface area contributed by atoms with Crippen molar-refractivity contribution in [1.82, 2.24) is 4.98 Å². The molecule has 9 heteroatoms. The van der Waals surface area contributed by atoms with E-state index in [0.717, 1.165) is 0 Å². The van der Waals surface area contributed by atoms with Crippen LogP contribution in [0.3, 0.4) is 0 Å². The van der Waals surface area contributed by atoms with Crippen LogP contribution in [0.4, 0.5) is 5.82 Å². The predicted molar refractivity (Wildman–Crippen MR) is 62.2 cm³/mol. The fourth-order valence-corrected chi connectivity index (χ4v) is 1.94. The van der Waals surface area contributed by atoms with Gasteiger partial charge in [-0.25, -0.2) is 4.98 Å². The molecule has 90 valence electrons. The highest BCUT2D eigenvalue weighted by Crippen LogP contribution is 2.21. The van der Waals surface area contributed by atoms with Crippen LogP contribution in [-0.4, -0.2) is 30.2 Å². The molecule has 0 spiro atoms. The van der Waals surface area contributed by atoms with E-state index in [-0.39, 0.29) is 23.2 Å². The number of hydrogen-bond donors (Lipinski definition) is 3. The van der Waals surface area contributed by atoms with Crippen LogP contribution >= 0.6 is 0 Å². The van der Waals surface area contributed by atoms with E-state index in [9.17, 15) is 13.5 Å². The van der Waals surface area contributed by atoms with E-state index >= 15 is 0 Å². The van der Waals surface area contributed by atoms with Crippen LogP contribution in [0.5, 0.6) is 5.75 Å². The topological polar surface area (TPSA) is 130 Å². The lowest BCUT2D eigenvalue weighted by atomic mass is 10.3. The van der Waals surface area contributed by atoms with E-state index in [1.807, 2.05) is 0 Å². The summed E-state index contributed by atoms with van der Waals surface area (Å²) >= 11 is 0. The molecule has 17 heavy (non-hydrogen) atoms. The summed E-state index contributed by atoms with van der Waals surface area (Å²) in [5, 5.41) is 12.0. The van der Waals surface area contributed by atoms with Crippen molar-refractivity contribution in [3.05, 3.63) is 17.8 Å². The van der Waals surface area contributed by atoms with Gasteiger partial charge in [-0.2, -0.15) is 8.42 Å². The van der Waals surface area contributed by atoms with Crippen molar-refractivity contribution in [3.63, 3.8) is 0 Å². The molecule has 0 radical (unpaired) electrons. The number of aromatic hydroxyl groups is 1. The molecule has 0 saturated heterocycles. The second-order valence-electron chi connectivity index (χ2n) is 3.31. The largest absolute Gasteiger partial charge is 0.504 e. The number of amidine groups is 2. The summed E-state index contributed by atoms with van der Waals surface area (Å²) in [5.41, 5.74) is 6.00. The Balaban J connectivity index is 2.35. The van der Waals surface area contributed by atoms with E-state index in [2.05, 4.69) is 19.1 Å². The molecular formula is C8H9N5O3S. The summed E-state index contributed by atoms with van der Waals surface area (Å²) in [6.45, 7) is 1.72. The average molecular weight is 255 g/mol. The zero-order chi connectivity index (χ0) is 12.6. The van der Waals surface area contributed by atoms with Crippen molar-refractivity contribution in [1.29, 1.82) is 0 Å². The molecule has 1 aliphatic heterocycles. The average Bonchev–Trinajstić information content (AvgIpc) is 2.46. The first-order valence-electron chi connectivity index (χ1n) is 4.52. The lowest BCUT2D eigenvalue weighted by Crippen LogP contribution is -2.28. The minimum atomic E-state index is -3.91. The summed E-state index contributed by atoms with van der Waals surface area (Å²) in [7, 11) is -3.91. The summed E-state index contributed by atoms with van der Waals surface area (Å²) in [6.07, 6.45) is 0. The van der Waals surface area contributed by atoms with Crippen molar-refractivity contribution in [2.24, 2.45) is 14.5 Å². The van der Waals surface area contributed by atoms with Gasteiger partial charge in [0.05, 0.1) is 0 Å². The molecular weight excluding hydrogens is 246 g/mol. The molecule has 0 saturated carbocycles. The minimum Gasteiger partial charge on any atom is -0.504 e. The van der Waals surface area contributed by atoms with Crippen molar-refractivity contribution >= 4 is 27.7 Å². The van der Waals surface area contributed by atoms with Crippen LogP contribution < -0.4 is 11.1 Å². The molecule has 2 rings (SSSR count). The van der Waals surface area contributed by atoms with Crippen LogP contribution in [0.25, 0.3) is 0 Å². The third-order valence-corrected chi connectivity index (χ3v) is 2.75. The molecule has 0 amide bonds. The fraction of sp³-hybridized carbons (Fsp3) is 0.125. The Morgan fingerprint density at radius 3 is 2.65 bits per heavy atom. The fourth-order valence-electron chi connectivity index (χ4n) is 1.19. The van der Waals surface area contributed by atoms with E-state index in [1.54, 1.807) is 13.0 Å². The van der Waals surface area contributed by atoms with Crippen LogP contribution in [0.2, 0.25) is 0 Å². The number of aryl methyl sites for hydroxylation is 1. The molecule has 0 aromatic carbocycles.